The molecular weight excluding hydrogens is 545 g/mol. The summed E-state index contributed by atoms with van der Waals surface area (Å²) in [7, 11) is -4.25. The topological polar surface area (TPSA) is 113 Å². The van der Waals surface area contributed by atoms with Gasteiger partial charge in [-0.3, -0.25) is 14.4 Å². The van der Waals surface area contributed by atoms with Crippen LogP contribution >= 0.6 is 0 Å². The first-order chi connectivity index (χ1) is 19.6. The second-order valence-electron chi connectivity index (χ2n) is 9.40. The summed E-state index contributed by atoms with van der Waals surface area (Å²) in [5.74, 6) is -3.59. The number of hydrogen-bond donors (Lipinski definition) is 2. The van der Waals surface area contributed by atoms with Crippen LogP contribution in [0.25, 0.3) is 10.8 Å². The Kier molecular flexibility index (Phi) is 9.14. The molecule has 4 aromatic rings. The molecule has 8 nitrogen and oxygen atoms in total. The lowest BCUT2D eigenvalue weighted by Gasteiger charge is -2.25. The molecule has 1 atom stereocenters. The number of halogens is 1. The standard InChI is InChI=1S/C31H30FN3O5S/c1-3-35(4-2)31(38)28(30(37)34-41(39,40)27-18-13-22-7-5-6-8-24(22)20-27)19-21-9-16-26(17-10-21)33-29(36)23-11-14-25(32)15-12-23/h5-18,20,28H,3-4,19H2,1-2H3,(H,33,36)(H,34,37). The van der Waals surface area contributed by atoms with E-state index in [0.29, 0.717) is 29.7 Å². The van der Waals surface area contributed by atoms with Gasteiger partial charge in [-0.05, 0) is 85.1 Å². The van der Waals surface area contributed by atoms with Gasteiger partial charge in [0.15, 0.2) is 0 Å². The number of carbonyl (C=O) groups excluding carboxylic acids is 3. The van der Waals surface area contributed by atoms with Gasteiger partial charge in [0, 0.05) is 24.3 Å². The average molecular weight is 576 g/mol. The van der Waals surface area contributed by atoms with Gasteiger partial charge in [-0.15, -0.1) is 0 Å². The van der Waals surface area contributed by atoms with Crippen LogP contribution in [0.15, 0.2) is 95.9 Å². The molecular formula is C31H30FN3O5S. The Hall–Kier alpha value is -4.57. The van der Waals surface area contributed by atoms with E-state index in [0.717, 1.165) is 5.39 Å². The smallest absolute Gasteiger partial charge is 0.264 e. The predicted molar refractivity (Wildman–Crippen MR) is 155 cm³/mol. The lowest BCUT2D eigenvalue weighted by atomic mass is 9.97. The van der Waals surface area contributed by atoms with Crippen molar-refractivity contribution in [3.05, 3.63) is 108 Å². The van der Waals surface area contributed by atoms with Crippen LogP contribution in [0.3, 0.4) is 0 Å². The van der Waals surface area contributed by atoms with Gasteiger partial charge in [-0.1, -0.05) is 42.5 Å². The van der Waals surface area contributed by atoms with Crippen molar-refractivity contribution in [3.8, 4) is 0 Å². The van der Waals surface area contributed by atoms with E-state index in [9.17, 15) is 27.2 Å². The quantitative estimate of drug-likeness (QED) is 0.265. The summed E-state index contributed by atoms with van der Waals surface area (Å²) in [5, 5.41) is 4.26. The third-order valence-corrected chi connectivity index (χ3v) is 8.06. The zero-order valence-corrected chi connectivity index (χ0v) is 23.5. The Morgan fingerprint density at radius 3 is 2.10 bits per heavy atom. The first-order valence-electron chi connectivity index (χ1n) is 13.1. The van der Waals surface area contributed by atoms with Crippen LogP contribution in [0, 0.1) is 11.7 Å². The molecule has 0 fully saturated rings. The van der Waals surface area contributed by atoms with Crippen LogP contribution in [0.1, 0.15) is 29.8 Å². The Morgan fingerprint density at radius 2 is 1.46 bits per heavy atom. The summed E-state index contributed by atoms with van der Waals surface area (Å²) in [4.78, 5) is 40.5. The Balaban J connectivity index is 1.53. The molecule has 4 aromatic carbocycles. The first-order valence-corrected chi connectivity index (χ1v) is 14.6. The number of anilines is 1. The van der Waals surface area contributed by atoms with Gasteiger partial charge in [-0.25, -0.2) is 17.5 Å². The lowest BCUT2D eigenvalue weighted by molar-refractivity contribution is -0.141. The maximum Gasteiger partial charge on any atom is 0.264 e. The van der Waals surface area contributed by atoms with Crippen LogP contribution < -0.4 is 10.0 Å². The molecule has 0 aliphatic carbocycles. The second-order valence-corrected chi connectivity index (χ2v) is 11.1. The fourth-order valence-corrected chi connectivity index (χ4v) is 5.46. The summed E-state index contributed by atoms with van der Waals surface area (Å²) in [5.41, 5.74) is 1.33. The lowest BCUT2D eigenvalue weighted by Crippen LogP contribution is -2.46. The van der Waals surface area contributed by atoms with Crippen LogP contribution in [-0.2, 0) is 26.0 Å². The van der Waals surface area contributed by atoms with E-state index in [4.69, 9.17) is 0 Å². The number of nitrogens with one attached hydrogen (secondary N) is 2. The molecule has 4 rings (SSSR count). The number of sulfonamides is 1. The van der Waals surface area contributed by atoms with Crippen molar-refractivity contribution in [1.29, 1.82) is 0 Å². The molecule has 0 aliphatic rings. The van der Waals surface area contributed by atoms with Crippen molar-refractivity contribution < 1.29 is 27.2 Å². The molecule has 0 aliphatic heterocycles. The summed E-state index contributed by atoms with van der Waals surface area (Å²) in [6, 6.07) is 23.4. The molecule has 0 saturated carbocycles. The number of fused-ring (bicyclic) bond motifs is 1. The molecule has 3 amide bonds. The molecule has 0 bridgehead atoms. The van der Waals surface area contributed by atoms with Gasteiger partial charge in [0.25, 0.3) is 15.9 Å². The van der Waals surface area contributed by atoms with Crippen molar-refractivity contribution >= 4 is 44.2 Å². The SMILES string of the molecule is CCN(CC)C(=O)C(Cc1ccc(NC(=O)c2ccc(F)cc2)cc1)C(=O)NS(=O)(=O)c1ccc2ccccc2c1. The summed E-state index contributed by atoms with van der Waals surface area (Å²) in [6.45, 7) is 4.26. The maximum atomic E-state index is 13.3. The van der Waals surface area contributed by atoms with Crippen LogP contribution in [0.2, 0.25) is 0 Å². The number of benzene rings is 4. The highest BCUT2D eigenvalue weighted by atomic mass is 32.2. The van der Waals surface area contributed by atoms with Crippen molar-refractivity contribution in [2.24, 2.45) is 5.92 Å². The zero-order chi connectivity index (χ0) is 29.6. The van der Waals surface area contributed by atoms with E-state index in [1.807, 2.05) is 12.1 Å². The molecule has 1 unspecified atom stereocenters. The predicted octanol–water partition coefficient (Wildman–Crippen LogP) is 4.76. The van der Waals surface area contributed by atoms with Crippen molar-refractivity contribution in [2.75, 3.05) is 18.4 Å². The van der Waals surface area contributed by atoms with Crippen molar-refractivity contribution in [2.45, 2.75) is 25.2 Å². The van der Waals surface area contributed by atoms with E-state index < -0.39 is 39.5 Å². The van der Waals surface area contributed by atoms with Gasteiger partial charge >= 0.3 is 0 Å². The molecule has 212 valence electrons. The molecule has 0 radical (unpaired) electrons. The van der Waals surface area contributed by atoms with E-state index >= 15 is 0 Å². The number of rotatable bonds is 10. The van der Waals surface area contributed by atoms with E-state index in [-0.39, 0.29) is 16.9 Å². The van der Waals surface area contributed by atoms with Crippen molar-refractivity contribution in [1.82, 2.24) is 9.62 Å². The Morgan fingerprint density at radius 1 is 0.829 bits per heavy atom. The highest BCUT2D eigenvalue weighted by Crippen LogP contribution is 2.21. The zero-order valence-electron chi connectivity index (χ0n) is 22.6. The second kappa shape index (κ2) is 12.7. The van der Waals surface area contributed by atoms with E-state index in [1.54, 1.807) is 56.3 Å². The fraction of sp³-hybridized carbons (Fsp3) is 0.194. The van der Waals surface area contributed by atoms with Gasteiger partial charge < -0.3 is 10.2 Å². The molecule has 0 aromatic heterocycles. The number of amides is 3. The summed E-state index contributed by atoms with van der Waals surface area (Å²) >= 11 is 0. The van der Waals surface area contributed by atoms with Crippen LogP contribution in [0.5, 0.6) is 0 Å². The normalized spacial score (nSPS) is 12.0. The molecule has 10 heteroatoms. The van der Waals surface area contributed by atoms with E-state index in [2.05, 4.69) is 10.0 Å². The average Bonchev–Trinajstić information content (AvgIpc) is 2.97. The monoisotopic (exact) mass is 575 g/mol. The largest absolute Gasteiger partial charge is 0.343 e. The van der Waals surface area contributed by atoms with Gasteiger partial charge in [0.2, 0.25) is 11.8 Å². The third kappa shape index (κ3) is 7.15. The van der Waals surface area contributed by atoms with Crippen LogP contribution in [0.4, 0.5) is 10.1 Å². The Labute approximate surface area is 238 Å². The molecule has 0 spiro atoms. The third-order valence-electron chi connectivity index (χ3n) is 6.71. The molecule has 41 heavy (non-hydrogen) atoms. The number of nitrogens with zero attached hydrogens (tertiary/aromatic N) is 1. The minimum Gasteiger partial charge on any atom is -0.343 e. The minimum absolute atomic E-state index is 0.0550. The summed E-state index contributed by atoms with van der Waals surface area (Å²) in [6.07, 6.45) is -0.0550. The first kappa shape index (κ1) is 29.4. The molecule has 0 heterocycles. The van der Waals surface area contributed by atoms with E-state index in [1.165, 1.54) is 41.3 Å². The van der Waals surface area contributed by atoms with Gasteiger partial charge in [0.1, 0.15) is 11.7 Å². The van der Waals surface area contributed by atoms with Crippen molar-refractivity contribution in [3.63, 3.8) is 0 Å². The Bertz CT molecular complexity index is 1670. The van der Waals surface area contributed by atoms with Gasteiger partial charge in [0.05, 0.1) is 4.90 Å². The minimum atomic E-state index is -4.25. The van der Waals surface area contributed by atoms with Crippen LogP contribution in [-0.4, -0.2) is 44.1 Å². The summed E-state index contributed by atoms with van der Waals surface area (Å²) < 4.78 is 41.5. The fourth-order valence-electron chi connectivity index (χ4n) is 4.41. The number of hydrogen-bond acceptors (Lipinski definition) is 5. The maximum absolute atomic E-state index is 13.3. The van der Waals surface area contributed by atoms with Gasteiger partial charge in [-0.2, -0.15) is 0 Å². The highest BCUT2D eigenvalue weighted by molar-refractivity contribution is 7.90. The molecule has 0 saturated heterocycles. The highest BCUT2D eigenvalue weighted by Gasteiger charge is 2.33. The molecule has 2 N–H and O–H groups in total. The number of carbonyl (C=O) groups is 3.